The zero-order valence-electron chi connectivity index (χ0n) is 12.6. The van der Waals surface area contributed by atoms with E-state index in [0.717, 1.165) is 32.7 Å². The Hall–Kier alpha value is -3.26. The fraction of sp³-hybridized carbons (Fsp3) is 0. The molecule has 6 rings (SSSR count). The normalized spacial score (nSPS) is 12.5. The summed E-state index contributed by atoms with van der Waals surface area (Å²) in [7, 11) is 0. The smallest absolute Gasteiger partial charge is 0.234 e. The van der Waals surface area contributed by atoms with Crippen molar-refractivity contribution in [2.24, 2.45) is 0 Å². The molecule has 0 aromatic heterocycles. The van der Waals surface area contributed by atoms with Gasteiger partial charge in [-0.25, -0.2) is 0 Å². The van der Waals surface area contributed by atoms with Crippen LogP contribution in [0.2, 0.25) is 0 Å². The second-order valence-electron chi connectivity index (χ2n) is 6.44. The van der Waals surface area contributed by atoms with Gasteiger partial charge in [-0.3, -0.25) is 9.59 Å². The number of hydrogen-bond acceptors (Lipinski definition) is 2. The fourth-order valence-corrected chi connectivity index (χ4v) is 4.35. The van der Waals surface area contributed by atoms with E-state index >= 15 is 0 Å². The van der Waals surface area contributed by atoms with E-state index in [4.69, 9.17) is 0 Å². The highest BCUT2D eigenvalue weighted by Gasteiger charge is 2.25. The minimum atomic E-state index is -0.397. The average Bonchev–Trinajstić information content (AvgIpc) is 2.95. The maximum Gasteiger partial charge on any atom is 0.234 e. The van der Waals surface area contributed by atoms with E-state index in [2.05, 4.69) is 18.2 Å². The zero-order chi connectivity index (χ0) is 16.0. The van der Waals surface area contributed by atoms with Gasteiger partial charge in [0.2, 0.25) is 10.9 Å². The Kier molecular flexibility index (Phi) is 1.93. The predicted octanol–water partition coefficient (Wildman–Crippen LogP) is 4.39. The summed E-state index contributed by atoms with van der Waals surface area (Å²) in [5.41, 5.74) is 3.91. The van der Waals surface area contributed by atoms with E-state index in [1.165, 1.54) is 11.1 Å². The molecule has 1 aliphatic carbocycles. The maximum absolute atomic E-state index is 12.6. The van der Waals surface area contributed by atoms with Gasteiger partial charge in [0, 0.05) is 21.5 Å². The second-order valence-corrected chi connectivity index (χ2v) is 6.44. The molecule has 1 aliphatic rings. The molecule has 0 atom stereocenters. The quantitative estimate of drug-likeness (QED) is 0.308. The minimum Gasteiger partial charge on any atom is -0.285 e. The molecule has 0 aliphatic heterocycles. The molecule has 2 nitrogen and oxygen atoms in total. The summed E-state index contributed by atoms with van der Waals surface area (Å²) in [6.45, 7) is 0. The lowest BCUT2D eigenvalue weighted by Gasteiger charge is -2.11. The summed E-state index contributed by atoms with van der Waals surface area (Å²) >= 11 is 0. The van der Waals surface area contributed by atoms with Gasteiger partial charge in [-0.2, -0.15) is 0 Å². The van der Waals surface area contributed by atoms with Crippen molar-refractivity contribution in [2.45, 2.75) is 0 Å². The van der Waals surface area contributed by atoms with Crippen molar-refractivity contribution in [3.8, 4) is 22.3 Å². The van der Waals surface area contributed by atoms with Crippen LogP contribution in [-0.2, 0) is 0 Å². The first-order chi connectivity index (χ1) is 11.8. The van der Waals surface area contributed by atoms with Crippen molar-refractivity contribution in [2.75, 3.05) is 0 Å². The minimum absolute atomic E-state index is 0.394. The largest absolute Gasteiger partial charge is 0.285 e. The molecule has 24 heavy (non-hydrogen) atoms. The summed E-state index contributed by atoms with van der Waals surface area (Å²) < 4.78 is 0. The summed E-state index contributed by atoms with van der Waals surface area (Å²) in [6, 6.07) is 19.9. The predicted molar refractivity (Wildman–Crippen MR) is 98.3 cm³/mol. The van der Waals surface area contributed by atoms with Gasteiger partial charge in [-0.15, -0.1) is 0 Å². The Morgan fingerprint density at radius 3 is 2.00 bits per heavy atom. The van der Waals surface area contributed by atoms with E-state index in [-0.39, 0.29) is 0 Å². The highest BCUT2D eigenvalue weighted by molar-refractivity contribution is 6.31. The first-order valence-corrected chi connectivity index (χ1v) is 7.97. The first-order valence-electron chi connectivity index (χ1n) is 7.97. The van der Waals surface area contributed by atoms with Crippen molar-refractivity contribution in [3.05, 3.63) is 81.1 Å². The van der Waals surface area contributed by atoms with Crippen molar-refractivity contribution in [1.82, 2.24) is 0 Å². The van der Waals surface area contributed by atoms with Crippen LogP contribution < -0.4 is 10.9 Å². The van der Waals surface area contributed by atoms with Gasteiger partial charge in [0.25, 0.3) is 0 Å². The lowest BCUT2D eigenvalue weighted by atomic mass is 9.90. The molecule has 110 valence electrons. The third kappa shape index (κ3) is 1.18. The molecule has 2 heteroatoms. The molecule has 0 heterocycles. The highest BCUT2D eigenvalue weighted by Crippen LogP contribution is 2.50. The fourth-order valence-electron chi connectivity index (χ4n) is 4.35. The van der Waals surface area contributed by atoms with Gasteiger partial charge in [-0.05, 0) is 45.2 Å². The molecule has 0 saturated heterocycles. The molecule has 0 N–H and O–H groups in total. The van der Waals surface area contributed by atoms with Crippen LogP contribution in [0.25, 0.3) is 54.6 Å². The molecule has 0 fully saturated rings. The van der Waals surface area contributed by atoms with Gasteiger partial charge in [0.15, 0.2) is 0 Å². The van der Waals surface area contributed by atoms with Crippen LogP contribution >= 0.6 is 0 Å². The topological polar surface area (TPSA) is 34.1 Å². The molecule has 5 aromatic rings. The Morgan fingerprint density at radius 1 is 0.500 bits per heavy atom. The molecule has 0 radical (unpaired) electrons. The van der Waals surface area contributed by atoms with Crippen molar-refractivity contribution >= 4 is 32.3 Å². The highest BCUT2D eigenvalue weighted by atomic mass is 16.2. The number of rotatable bonds is 0. The monoisotopic (exact) mass is 306 g/mol. The molecule has 0 amide bonds. The van der Waals surface area contributed by atoms with E-state index in [9.17, 15) is 9.59 Å². The SMILES string of the molecule is O=c1c(=O)c2ccc3c4c(cc5cccc1c5c42)-c1ccccc1-3. The Labute approximate surface area is 136 Å². The Balaban J connectivity index is 2.08. The molecule has 0 saturated carbocycles. The van der Waals surface area contributed by atoms with Crippen LogP contribution in [0, 0.1) is 0 Å². The summed E-state index contributed by atoms with van der Waals surface area (Å²) in [6.07, 6.45) is 0. The van der Waals surface area contributed by atoms with Gasteiger partial charge in [0.05, 0.1) is 0 Å². The van der Waals surface area contributed by atoms with Crippen LogP contribution in [-0.4, -0.2) is 0 Å². The zero-order valence-corrected chi connectivity index (χ0v) is 12.6. The number of hydrogen-bond donors (Lipinski definition) is 0. The van der Waals surface area contributed by atoms with E-state index in [1.54, 1.807) is 6.07 Å². The van der Waals surface area contributed by atoms with Crippen LogP contribution in [0.4, 0.5) is 0 Å². The summed E-state index contributed by atoms with van der Waals surface area (Å²) in [5.74, 6) is 0. The second kappa shape index (κ2) is 3.80. The van der Waals surface area contributed by atoms with Gasteiger partial charge < -0.3 is 0 Å². The van der Waals surface area contributed by atoms with Gasteiger partial charge in [0.1, 0.15) is 0 Å². The lowest BCUT2D eigenvalue weighted by molar-refractivity contribution is 1.60. The average molecular weight is 306 g/mol. The summed E-state index contributed by atoms with van der Waals surface area (Å²) in [4.78, 5) is 25.1. The van der Waals surface area contributed by atoms with E-state index in [1.807, 2.05) is 36.4 Å². The van der Waals surface area contributed by atoms with Crippen LogP contribution in [0.1, 0.15) is 0 Å². The number of fused-ring (bicyclic) bond motifs is 3. The molecule has 0 spiro atoms. The molecule has 5 aromatic carbocycles. The number of benzene rings is 5. The van der Waals surface area contributed by atoms with Crippen molar-refractivity contribution < 1.29 is 0 Å². The standard InChI is InChI=1S/C22H10O2/c23-21-15-7-3-4-11-10-17-13-6-2-1-5-12(13)14-8-9-16(22(21)24)20(18(11)15)19(14)17/h1-10H. The van der Waals surface area contributed by atoms with Gasteiger partial charge >= 0.3 is 0 Å². The maximum atomic E-state index is 12.6. The molecular weight excluding hydrogens is 296 g/mol. The summed E-state index contributed by atoms with van der Waals surface area (Å²) in [5, 5.41) is 5.06. The van der Waals surface area contributed by atoms with Crippen LogP contribution in [0.5, 0.6) is 0 Å². The van der Waals surface area contributed by atoms with Crippen LogP contribution in [0.15, 0.2) is 70.3 Å². The first kappa shape index (κ1) is 12.2. The van der Waals surface area contributed by atoms with E-state index < -0.39 is 10.9 Å². The molecule has 0 unspecified atom stereocenters. The van der Waals surface area contributed by atoms with E-state index in [0.29, 0.717) is 10.8 Å². The Bertz CT molecular complexity index is 1430. The van der Waals surface area contributed by atoms with Crippen molar-refractivity contribution in [1.29, 1.82) is 0 Å². The molecular formula is C22H10O2. The Morgan fingerprint density at radius 2 is 1.21 bits per heavy atom. The van der Waals surface area contributed by atoms with Gasteiger partial charge in [-0.1, -0.05) is 48.5 Å². The third-order valence-electron chi connectivity index (χ3n) is 5.32. The lowest BCUT2D eigenvalue weighted by Crippen LogP contribution is -2.24. The van der Waals surface area contributed by atoms with Crippen LogP contribution in [0.3, 0.4) is 0 Å². The molecule has 0 bridgehead atoms. The van der Waals surface area contributed by atoms with Crippen molar-refractivity contribution in [3.63, 3.8) is 0 Å². The third-order valence-corrected chi connectivity index (χ3v) is 5.32.